The SMILES string of the molecule is CC1O[C@@H](OC[C@@H](C)CCC(=O)[C@@H](C)C2C(=O)CC3C4CCC5CC(O[C@@H]6CC(COC(=O)c7ccccc7)[C@H](O)[C@H](C)C6O)CCC5(C)C4CCC32C)C(OC(=O)c2ccccc2)[C@@H](OC(=O)c2ccccc2)[C@H]1C. The molecule has 0 bridgehead atoms. The number of hydrogen-bond acceptors (Lipinski definition) is 13. The fourth-order valence-electron chi connectivity index (χ4n) is 15.2. The lowest BCUT2D eigenvalue weighted by molar-refractivity contribution is -0.280. The summed E-state index contributed by atoms with van der Waals surface area (Å²) in [5.74, 6) is -1.60. The highest BCUT2D eigenvalue weighted by atomic mass is 16.7. The number of aliphatic hydroxyl groups is 2. The van der Waals surface area contributed by atoms with E-state index in [4.69, 9.17) is 28.4 Å². The zero-order valence-electron chi connectivity index (χ0n) is 45.6. The number of hydrogen-bond donors (Lipinski definition) is 2. The molecule has 5 saturated carbocycles. The fraction of sp³-hybridized carbons (Fsp3) is 0.635. The van der Waals surface area contributed by atoms with Gasteiger partial charge in [0.25, 0.3) is 0 Å². The molecule has 412 valence electrons. The second-order valence-electron chi connectivity index (χ2n) is 24.5. The van der Waals surface area contributed by atoms with E-state index >= 15 is 0 Å². The Kier molecular flexibility index (Phi) is 17.4. The third kappa shape index (κ3) is 11.5. The number of carbonyl (C=O) groups is 5. The minimum absolute atomic E-state index is 0.0182. The van der Waals surface area contributed by atoms with Crippen LogP contribution in [-0.2, 0) is 38.0 Å². The molecule has 6 fully saturated rings. The van der Waals surface area contributed by atoms with Gasteiger partial charge in [0.2, 0.25) is 0 Å². The quantitative estimate of drug-likeness (QED) is 0.0964. The maximum atomic E-state index is 14.3. The molecule has 0 aromatic heterocycles. The van der Waals surface area contributed by atoms with E-state index in [-0.39, 0.29) is 71.3 Å². The molecule has 0 spiro atoms. The summed E-state index contributed by atoms with van der Waals surface area (Å²) in [7, 11) is 0. The summed E-state index contributed by atoms with van der Waals surface area (Å²) in [6, 6.07) is 26.1. The summed E-state index contributed by atoms with van der Waals surface area (Å²) in [6.45, 7) is 14.6. The predicted molar refractivity (Wildman–Crippen MR) is 284 cm³/mol. The Bertz CT molecular complexity index is 2490. The molecule has 6 aliphatic rings. The molecule has 3 aromatic carbocycles. The molecule has 0 radical (unpaired) electrons. The number of ether oxygens (including phenoxy) is 6. The van der Waals surface area contributed by atoms with Crippen molar-refractivity contribution in [1.29, 1.82) is 0 Å². The van der Waals surface area contributed by atoms with Crippen molar-refractivity contribution in [2.24, 2.45) is 70.0 Å². The summed E-state index contributed by atoms with van der Waals surface area (Å²) in [6.07, 6.45) is 3.11. The standard InChI is InChI=1S/C63H82O13/c1-36(34-72-61-57(76-60(70)43-21-15-10-16-22-43)56(37(2)40(5)73-61)75-59(69)42-19-13-9-14-20-42)23-26-50(64)38(3)53-51(65)33-49-47-25-24-45-32-46(27-29-62(45,6)48(47)28-30-63(49,53)7)74-52-31-44(54(66)39(4)55(52)67)35-71-58(68)41-17-11-8-12-18-41/h8-22,36-40,44-49,52-57,61,66-67H,23-35H2,1-7H3/t36-,37-,38+,39-,40?,44?,45?,46?,47?,48?,49?,52+,53?,54+,55?,56-,57?,61+,62?,63?/m0/s1. The molecule has 9 rings (SSSR count). The van der Waals surface area contributed by atoms with Crippen LogP contribution in [0.25, 0.3) is 0 Å². The van der Waals surface area contributed by atoms with Crippen molar-refractivity contribution >= 4 is 29.5 Å². The maximum Gasteiger partial charge on any atom is 0.338 e. The van der Waals surface area contributed by atoms with Crippen molar-refractivity contribution in [3.8, 4) is 0 Å². The van der Waals surface area contributed by atoms with E-state index in [1.54, 1.807) is 72.8 Å². The molecule has 3 aromatic rings. The number of rotatable bonds is 17. The Balaban J connectivity index is 0.781. The number of benzene rings is 3. The van der Waals surface area contributed by atoms with Gasteiger partial charge in [-0.1, -0.05) is 96.1 Å². The second-order valence-corrected chi connectivity index (χ2v) is 24.5. The molecule has 2 N–H and O–H groups in total. The van der Waals surface area contributed by atoms with Gasteiger partial charge in [0, 0.05) is 42.4 Å². The summed E-state index contributed by atoms with van der Waals surface area (Å²) < 4.78 is 37.4. The van der Waals surface area contributed by atoms with Crippen LogP contribution in [0, 0.1) is 70.0 Å². The van der Waals surface area contributed by atoms with Crippen molar-refractivity contribution in [3.05, 3.63) is 108 Å². The molecule has 1 heterocycles. The lowest BCUT2D eigenvalue weighted by Gasteiger charge is -2.61. The normalized spacial score (nSPS) is 37.8. The zero-order valence-corrected chi connectivity index (χ0v) is 45.6. The average molecular weight is 1050 g/mol. The van der Waals surface area contributed by atoms with Crippen LogP contribution < -0.4 is 0 Å². The Morgan fingerprint density at radius 2 is 1.29 bits per heavy atom. The third-order valence-electron chi connectivity index (χ3n) is 20.0. The van der Waals surface area contributed by atoms with Gasteiger partial charge in [-0.3, -0.25) is 9.59 Å². The first-order chi connectivity index (χ1) is 36.4. The van der Waals surface area contributed by atoms with Gasteiger partial charge in [-0.05, 0) is 142 Å². The predicted octanol–water partition coefficient (Wildman–Crippen LogP) is 10.3. The Morgan fingerprint density at radius 3 is 1.92 bits per heavy atom. The highest BCUT2D eigenvalue weighted by molar-refractivity contribution is 5.92. The topological polar surface area (TPSA) is 181 Å². The van der Waals surface area contributed by atoms with Gasteiger partial charge in [0.05, 0.1) is 60.4 Å². The van der Waals surface area contributed by atoms with E-state index < -0.39 is 72.7 Å². The van der Waals surface area contributed by atoms with E-state index in [2.05, 4.69) is 13.8 Å². The number of esters is 3. The van der Waals surface area contributed by atoms with E-state index in [1.165, 1.54) is 0 Å². The second kappa shape index (κ2) is 23.7. The number of aliphatic hydroxyl groups excluding tert-OH is 2. The first-order valence-electron chi connectivity index (χ1n) is 28.5. The van der Waals surface area contributed by atoms with Crippen LogP contribution in [0.4, 0.5) is 0 Å². The van der Waals surface area contributed by atoms with Crippen LogP contribution >= 0.6 is 0 Å². The van der Waals surface area contributed by atoms with Crippen LogP contribution in [0.2, 0.25) is 0 Å². The van der Waals surface area contributed by atoms with Gasteiger partial charge in [-0.2, -0.15) is 0 Å². The van der Waals surface area contributed by atoms with E-state index in [9.17, 15) is 34.2 Å². The summed E-state index contributed by atoms with van der Waals surface area (Å²) in [4.78, 5) is 68.2. The Hall–Kier alpha value is -4.79. The summed E-state index contributed by atoms with van der Waals surface area (Å²) in [5, 5.41) is 22.5. The Labute approximate surface area is 449 Å². The van der Waals surface area contributed by atoms with Crippen LogP contribution in [-0.4, -0.2) is 102 Å². The van der Waals surface area contributed by atoms with Gasteiger partial charge in [0.1, 0.15) is 17.7 Å². The lowest BCUT2D eigenvalue weighted by Crippen LogP contribution is -2.57. The number of ketones is 2. The molecule has 5 aliphatic carbocycles. The minimum atomic E-state index is -1.07. The van der Waals surface area contributed by atoms with Gasteiger partial charge < -0.3 is 38.6 Å². The monoisotopic (exact) mass is 1050 g/mol. The highest BCUT2D eigenvalue weighted by Gasteiger charge is 2.64. The zero-order chi connectivity index (χ0) is 54.1. The minimum Gasteiger partial charge on any atom is -0.462 e. The third-order valence-corrected chi connectivity index (χ3v) is 20.0. The molecule has 12 unspecified atom stereocenters. The van der Waals surface area contributed by atoms with Crippen molar-refractivity contribution in [2.45, 2.75) is 168 Å². The van der Waals surface area contributed by atoms with Crippen LogP contribution in [0.1, 0.15) is 150 Å². The van der Waals surface area contributed by atoms with Crippen LogP contribution in [0.5, 0.6) is 0 Å². The maximum absolute atomic E-state index is 14.3. The van der Waals surface area contributed by atoms with Crippen molar-refractivity contribution in [1.82, 2.24) is 0 Å². The highest BCUT2D eigenvalue weighted by Crippen LogP contribution is 2.68. The molecule has 1 aliphatic heterocycles. The molecule has 13 nitrogen and oxygen atoms in total. The first-order valence-corrected chi connectivity index (χ1v) is 28.5. The molecular formula is C63H82O13. The summed E-state index contributed by atoms with van der Waals surface area (Å²) in [5.41, 5.74) is 1.02. The fourth-order valence-corrected chi connectivity index (χ4v) is 15.2. The summed E-state index contributed by atoms with van der Waals surface area (Å²) >= 11 is 0. The Morgan fingerprint density at radius 1 is 0.697 bits per heavy atom. The van der Waals surface area contributed by atoms with Crippen molar-refractivity contribution in [2.75, 3.05) is 13.2 Å². The van der Waals surface area contributed by atoms with Gasteiger partial charge in [-0.25, -0.2) is 14.4 Å². The van der Waals surface area contributed by atoms with Gasteiger partial charge in [0.15, 0.2) is 12.4 Å². The molecule has 13 heteroatoms. The smallest absolute Gasteiger partial charge is 0.338 e. The largest absolute Gasteiger partial charge is 0.462 e. The molecule has 20 atom stereocenters. The van der Waals surface area contributed by atoms with Crippen LogP contribution in [0.3, 0.4) is 0 Å². The average Bonchev–Trinajstić information content (AvgIpc) is 3.87. The van der Waals surface area contributed by atoms with E-state index in [0.717, 1.165) is 44.9 Å². The lowest BCUT2D eigenvalue weighted by atomic mass is 9.44. The molecular weight excluding hydrogens is 965 g/mol. The van der Waals surface area contributed by atoms with Crippen molar-refractivity contribution in [3.63, 3.8) is 0 Å². The van der Waals surface area contributed by atoms with Crippen molar-refractivity contribution < 1.29 is 62.6 Å². The van der Waals surface area contributed by atoms with Gasteiger partial charge in [-0.15, -0.1) is 0 Å². The number of fused-ring (bicyclic) bond motifs is 5. The van der Waals surface area contributed by atoms with E-state index in [0.29, 0.717) is 60.1 Å². The van der Waals surface area contributed by atoms with E-state index in [1.807, 2.05) is 52.8 Å². The first kappa shape index (κ1) is 55.9. The van der Waals surface area contributed by atoms with Gasteiger partial charge >= 0.3 is 17.9 Å². The van der Waals surface area contributed by atoms with Crippen LogP contribution in [0.15, 0.2) is 91.0 Å². The molecule has 76 heavy (non-hydrogen) atoms. The molecule has 0 amide bonds. The molecule has 1 saturated heterocycles. The number of Topliss-reactive ketones (excluding diaryl/α,β-unsaturated/α-hetero) is 2. The number of carbonyl (C=O) groups excluding carboxylic acids is 5.